The lowest BCUT2D eigenvalue weighted by atomic mass is 10.2. The van der Waals surface area contributed by atoms with Crippen molar-refractivity contribution < 1.29 is 14.3 Å². The first-order valence-electron chi connectivity index (χ1n) is 5.83. The van der Waals surface area contributed by atoms with Gasteiger partial charge >= 0.3 is 5.97 Å². The van der Waals surface area contributed by atoms with Crippen molar-refractivity contribution in [1.82, 2.24) is 0 Å². The van der Waals surface area contributed by atoms with Crippen LogP contribution >= 0.6 is 0 Å². The van der Waals surface area contributed by atoms with Crippen molar-refractivity contribution in [3.8, 4) is 23.9 Å². The van der Waals surface area contributed by atoms with Gasteiger partial charge in [0.25, 0.3) is 0 Å². The van der Waals surface area contributed by atoms with Crippen LogP contribution in [0.4, 0.5) is 0 Å². The fourth-order valence-corrected chi connectivity index (χ4v) is 1.17. The minimum absolute atomic E-state index is 0.434. The van der Waals surface area contributed by atoms with Gasteiger partial charge in [-0.15, -0.1) is 0 Å². The number of benzene rings is 1. The Morgan fingerprint density at radius 3 is 2.55 bits per heavy atom. The number of carbonyl (C=O) groups excluding carboxylic acids is 1. The largest absolute Gasteiger partial charge is 0.466 e. The molecule has 100 valence electrons. The van der Waals surface area contributed by atoms with Crippen LogP contribution in [0.15, 0.2) is 54.1 Å². The zero-order valence-electron chi connectivity index (χ0n) is 11.3. The Morgan fingerprint density at radius 1 is 1.15 bits per heavy atom. The van der Waals surface area contributed by atoms with E-state index in [0.717, 1.165) is 5.56 Å². The van der Waals surface area contributed by atoms with Gasteiger partial charge in [0.2, 0.25) is 0 Å². The first-order valence-corrected chi connectivity index (χ1v) is 5.83. The van der Waals surface area contributed by atoms with E-state index in [1.165, 1.54) is 26.4 Å². The van der Waals surface area contributed by atoms with Crippen LogP contribution in [0.3, 0.4) is 0 Å². The van der Waals surface area contributed by atoms with Crippen LogP contribution in [0.2, 0.25) is 0 Å². The Labute approximate surface area is 118 Å². The molecular weight excluding hydrogens is 252 g/mol. The fourth-order valence-electron chi connectivity index (χ4n) is 1.17. The van der Waals surface area contributed by atoms with Crippen LogP contribution in [0.1, 0.15) is 5.56 Å². The lowest BCUT2D eigenvalue weighted by Crippen LogP contribution is -1.92. The molecule has 0 aromatic heterocycles. The summed E-state index contributed by atoms with van der Waals surface area (Å²) >= 11 is 0. The van der Waals surface area contributed by atoms with Gasteiger partial charge in [0.15, 0.2) is 0 Å². The van der Waals surface area contributed by atoms with Crippen molar-refractivity contribution in [2.45, 2.75) is 0 Å². The molecule has 1 aromatic carbocycles. The molecule has 0 saturated heterocycles. The van der Waals surface area contributed by atoms with E-state index in [4.69, 9.17) is 0 Å². The van der Waals surface area contributed by atoms with Gasteiger partial charge in [0.05, 0.1) is 19.8 Å². The maximum absolute atomic E-state index is 11.0. The average molecular weight is 266 g/mol. The Bertz CT molecular complexity index is 617. The van der Waals surface area contributed by atoms with Gasteiger partial charge in [-0.25, -0.2) is 4.79 Å². The molecule has 0 aliphatic rings. The van der Waals surface area contributed by atoms with Gasteiger partial charge in [0, 0.05) is 11.6 Å². The summed E-state index contributed by atoms with van der Waals surface area (Å²) in [6.07, 6.45) is 6.91. The molecule has 0 saturated carbocycles. The van der Waals surface area contributed by atoms with Crippen LogP contribution in [0, 0.1) is 23.9 Å². The standard InChI is InChI=1S/C17H14O3/c1-19-14-13-16(9-6-10-17(18)20-2)12-11-15-7-4-3-5-8-15/h3-10H,1-2H3/b10-6+,16-9-. The van der Waals surface area contributed by atoms with Gasteiger partial charge in [-0.3, -0.25) is 0 Å². The van der Waals surface area contributed by atoms with Crippen LogP contribution in [0.25, 0.3) is 0 Å². The lowest BCUT2D eigenvalue weighted by molar-refractivity contribution is -0.134. The van der Waals surface area contributed by atoms with Crippen molar-refractivity contribution in [2.24, 2.45) is 0 Å². The van der Waals surface area contributed by atoms with E-state index in [0.29, 0.717) is 5.57 Å². The number of methoxy groups -OCH3 is 2. The highest BCUT2D eigenvalue weighted by atomic mass is 16.5. The van der Waals surface area contributed by atoms with Gasteiger partial charge in [-0.1, -0.05) is 36.1 Å². The zero-order chi connectivity index (χ0) is 14.6. The van der Waals surface area contributed by atoms with Crippen LogP contribution in [-0.4, -0.2) is 20.2 Å². The van der Waals surface area contributed by atoms with Crippen molar-refractivity contribution in [1.29, 1.82) is 0 Å². The predicted octanol–water partition coefficient (Wildman–Crippen LogP) is 2.30. The minimum Gasteiger partial charge on any atom is -0.466 e. The average Bonchev–Trinajstić information content (AvgIpc) is 2.50. The molecule has 20 heavy (non-hydrogen) atoms. The van der Waals surface area contributed by atoms with Crippen LogP contribution < -0.4 is 0 Å². The first kappa shape index (κ1) is 15.1. The number of ether oxygens (including phenoxy) is 2. The third-order valence-corrected chi connectivity index (χ3v) is 2.10. The number of esters is 1. The second-order valence-electron chi connectivity index (χ2n) is 3.51. The number of hydrogen-bond donors (Lipinski definition) is 0. The third-order valence-electron chi connectivity index (χ3n) is 2.10. The summed E-state index contributed by atoms with van der Waals surface area (Å²) < 4.78 is 9.18. The summed E-state index contributed by atoms with van der Waals surface area (Å²) in [7, 11) is 2.79. The molecule has 3 heteroatoms. The highest BCUT2D eigenvalue weighted by Crippen LogP contribution is 1.97. The minimum atomic E-state index is -0.434. The molecule has 3 nitrogen and oxygen atoms in total. The summed E-state index contributed by atoms with van der Waals surface area (Å²) in [5.74, 6) is 8.21. The maximum atomic E-state index is 11.0. The lowest BCUT2D eigenvalue weighted by Gasteiger charge is -1.89. The van der Waals surface area contributed by atoms with E-state index in [-0.39, 0.29) is 0 Å². The molecule has 0 aliphatic heterocycles. The van der Waals surface area contributed by atoms with Crippen molar-refractivity contribution in [2.75, 3.05) is 14.2 Å². The number of rotatable bonds is 2. The molecule has 0 unspecified atom stereocenters. The number of hydrogen-bond acceptors (Lipinski definition) is 3. The van der Waals surface area contributed by atoms with Crippen molar-refractivity contribution in [3.05, 3.63) is 59.7 Å². The molecule has 0 amide bonds. The molecule has 0 spiro atoms. The van der Waals surface area contributed by atoms with Crippen molar-refractivity contribution in [3.63, 3.8) is 0 Å². The second-order valence-corrected chi connectivity index (χ2v) is 3.51. The molecule has 0 aliphatic carbocycles. The SMILES string of the molecule is COC#C/C(C#Cc1ccccc1)=C\C=C\C(=O)OC. The third kappa shape index (κ3) is 6.14. The molecule has 1 rings (SSSR count). The van der Waals surface area contributed by atoms with Gasteiger partial charge in [-0.2, -0.15) is 0 Å². The van der Waals surface area contributed by atoms with E-state index in [1.807, 2.05) is 30.3 Å². The van der Waals surface area contributed by atoms with E-state index >= 15 is 0 Å². The van der Waals surface area contributed by atoms with Crippen LogP contribution in [0.5, 0.6) is 0 Å². The smallest absolute Gasteiger partial charge is 0.330 e. The summed E-state index contributed by atoms with van der Waals surface area (Å²) in [4.78, 5) is 11.0. The van der Waals surface area contributed by atoms with Gasteiger partial charge in [-0.05, 0) is 24.1 Å². The Hall–Kier alpha value is -2.91. The molecule has 0 N–H and O–H groups in total. The van der Waals surface area contributed by atoms with Crippen LogP contribution in [-0.2, 0) is 14.3 Å². The molecule has 0 fully saturated rings. The highest BCUT2D eigenvalue weighted by molar-refractivity contribution is 5.82. The summed E-state index contributed by atoms with van der Waals surface area (Å²) in [6, 6.07) is 9.54. The molecular formula is C17H14O3. The Morgan fingerprint density at radius 2 is 1.90 bits per heavy atom. The summed E-state index contributed by atoms with van der Waals surface area (Å²) in [6.45, 7) is 0. The van der Waals surface area contributed by atoms with E-state index in [9.17, 15) is 4.79 Å². The maximum Gasteiger partial charge on any atom is 0.330 e. The Kier molecular flexibility index (Phi) is 6.88. The molecule has 1 aromatic rings. The van der Waals surface area contributed by atoms with E-state index in [2.05, 4.69) is 33.3 Å². The van der Waals surface area contributed by atoms with E-state index < -0.39 is 5.97 Å². The summed E-state index contributed by atoms with van der Waals surface area (Å²) in [5.41, 5.74) is 1.42. The number of carbonyl (C=O) groups is 1. The zero-order valence-corrected chi connectivity index (χ0v) is 11.3. The number of allylic oxidation sites excluding steroid dienone is 3. The second kappa shape index (κ2) is 9.08. The molecule has 0 atom stereocenters. The van der Waals surface area contributed by atoms with Crippen molar-refractivity contribution >= 4 is 5.97 Å². The quantitative estimate of drug-likeness (QED) is 0.356. The Balaban J connectivity index is 2.91. The normalized spacial score (nSPS) is 10.0. The van der Waals surface area contributed by atoms with Gasteiger partial charge in [0.1, 0.15) is 6.11 Å². The topological polar surface area (TPSA) is 35.5 Å². The molecule has 0 radical (unpaired) electrons. The fraction of sp³-hybridized carbons (Fsp3) is 0.118. The molecule has 0 bridgehead atoms. The summed E-state index contributed by atoms with van der Waals surface area (Å²) in [5, 5.41) is 0. The molecule has 0 heterocycles. The van der Waals surface area contributed by atoms with Gasteiger partial charge < -0.3 is 9.47 Å². The highest BCUT2D eigenvalue weighted by Gasteiger charge is 1.89. The first-order chi connectivity index (χ1) is 9.76. The monoisotopic (exact) mass is 266 g/mol. The van der Waals surface area contributed by atoms with E-state index in [1.54, 1.807) is 6.08 Å². The predicted molar refractivity (Wildman–Crippen MR) is 77.3 cm³/mol.